The van der Waals surface area contributed by atoms with Crippen molar-refractivity contribution in [3.63, 3.8) is 0 Å². The van der Waals surface area contributed by atoms with Crippen LogP contribution in [0.2, 0.25) is 0 Å². The lowest BCUT2D eigenvalue weighted by atomic mass is 10.1. The number of pyridine rings is 1. The molecule has 4 rings (SSSR count). The minimum atomic E-state index is -4.47. The van der Waals surface area contributed by atoms with E-state index in [0.717, 1.165) is 15.9 Å². The summed E-state index contributed by atoms with van der Waals surface area (Å²) in [6, 6.07) is 8.65. The number of aromatic amines is 1. The highest BCUT2D eigenvalue weighted by molar-refractivity contribution is 7.22. The first kappa shape index (κ1) is 24.4. The van der Waals surface area contributed by atoms with Crippen molar-refractivity contribution in [1.82, 2.24) is 14.5 Å². The monoisotopic (exact) mass is 513 g/mol. The Balaban J connectivity index is 1.62. The molecule has 0 atom stereocenters. The number of H-pyrrole nitrogens is 1. The van der Waals surface area contributed by atoms with Crippen LogP contribution in [0, 0.1) is 6.92 Å². The fourth-order valence-electron chi connectivity index (χ4n) is 3.38. The number of aromatic nitrogens is 3. The van der Waals surface area contributed by atoms with Gasteiger partial charge in [0.05, 0.1) is 11.8 Å². The number of nitrogens with one attached hydrogen (secondary N) is 1. The van der Waals surface area contributed by atoms with Gasteiger partial charge in [-0.05, 0) is 42.8 Å². The highest BCUT2D eigenvalue weighted by Gasteiger charge is 2.28. The van der Waals surface area contributed by atoms with Gasteiger partial charge in [0, 0.05) is 29.2 Å². The number of hydrogen-bond donors (Lipinski definition) is 1. The van der Waals surface area contributed by atoms with E-state index in [4.69, 9.17) is 4.74 Å². The van der Waals surface area contributed by atoms with Gasteiger partial charge in [0.25, 0.3) is 5.56 Å². The van der Waals surface area contributed by atoms with E-state index in [-0.39, 0.29) is 21.8 Å². The largest absolute Gasteiger partial charge is 0.439 e. The number of thiophene rings is 1. The summed E-state index contributed by atoms with van der Waals surface area (Å²) in [6.07, 6.45) is -4.23. The molecule has 0 radical (unpaired) electrons. The van der Waals surface area contributed by atoms with Crippen molar-refractivity contribution in [2.24, 2.45) is 0 Å². The van der Waals surface area contributed by atoms with Gasteiger partial charge in [-0.25, -0.2) is 9.78 Å². The van der Waals surface area contributed by atoms with E-state index in [9.17, 15) is 31.5 Å². The van der Waals surface area contributed by atoms with Gasteiger partial charge in [0.15, 0.2) is 0 Å². The van der Waals surface area contributed by atoms with Crippen LogP contribution < -0.4 is 20.7 Å². The lowest BCUT2D eigenvalue weighted by Gasteiger charge is -2.09. The van der Waals surface area contributed by atoms with Crippen molar-refractivity contribution < 1.29 is 31.4 Å². The molecule has 13 heteroatoms. The van der Waals surface area contributed by atoms with Gasteiger partial charge >= 0.3 is 18.5 Å². The van der Waals surface area contributed by atoms with Gasteiger partial charge in [-0.15, -0.1) is 11.3 Å². The van der Waals surface area contributed by atoms with Gasteiger partial charge < -0.3 is 9.47 Å². The molecular formula is C22H16F5N3O4S. The molecule has 7 nitrogen and oxygen atoms in total. The summed E-state index contributed by atoms with van der Waals surface area (Å²) >= 11 is 1.02. The maximum Gasteiger partial charge on any atom is 0.390 e. The molecule has 0 bridgehead atoms. The quantitative estimate of drug-likeness (QED) is 0.332. The van der Waals surface area contributed by atoms with Crippen molar-refractivity contribution in [1.29, 1.82) is 0 Å². The first-order valence-electron chi connectivity index (χ1n) is 10.0. The van der Waals surface area contributed by atoms with Crippen molar-refractivity contribution in [3.05, 3.63) is 69.0 Å². The molecule has 0 fully saturated rings. The van der Waals surface area contributed by atoms with Crippen molar-refractivity contribution in [2.45, 2.75) is 32.7 Å². The third-order valence-electron chi connectivity index (χ3n) is 4.95. The SMILES string of the molecule is Cc1c(-c2ccc(Oc3ccc(OC(F)F)cc3)nc2)sc2c1c(=O)[nH]c(=O)n2CCC(F)(F)F. The zero-order chi connectivity index (χ0) is 25.3. The second-order valence-corrected chi connectivity index (χ2v) is 8.35. The maximum absolute atomic E-state index is 12.7. The molecule has 0 saturated heterocycles. The Hall–Kier alpha value is -3.74. The summed E-state index contributed by atoms with van der Waals surface area (Å²) in [5.74, 6) is 0.486. The number of benzene rings is 1. The van der Waals surface area contributed by atoms with Crippen LogP contribution in [0.1, 0.15) is 12.0 Å². The normalized spacial score (nSPS) is 11.9. The molecule has 3 aromatic heterocycles. The lowest BCUT2D eigenvalue weighted by Crippen LogP contribution is -2.31. The van der Waals surface area contributed by atoms with Gasteiger partial charge in [0.1, 0.15) is 16.3 Å². The van der Waals surface area contributed by atoms with Crippen molar-refractivity contribution in [3.8, 4) is 27.8 Å². The molecule has 0 unspecified atom stereocenters. The molecular weight excluding hydrogens is 497 g/mol. The van der Waals surface area contributed by atoms with Crippen molar-refractivity contribution >= 4 is 21.6 Å². The Morgan fingerprint density at radius 2 is 1.77 bits per heavy atom. The molecule has 1 aromatic carbocycles. The molecule has 35 heavy (non-hydrogen) atoms. The lowest BCUT2D eigenvalue weighted by molar-refractivity contribution is -0.136. The van der Waals surface area contributed by atoms with E-state index in [1.54, 1.807) is 13.0 Å². The number of hydrogen-bond acceptors (Lipinski definition) is 6. The zero-order valence-electron chi connectivity index (χ0n) is 17.9. The average molecular weight is 513 g/mol. The standard InChI is InChI=1S/C22H16F5N3O4S/c1-11-16-18(31)29-21(32)30(9-8-22(25,26)27)19(16)35-17(11)12-2-7-15(28-10-12)33-13-3-5-14(6-4-13)34-20(23)24/h2-7,10,20H,8-9H2,1H3,(H,29,31,32). The van der Waals surface area contributed by atoms with Crippen LogP contribution in [0.4, 0.5) is 22.0 Å². The van der Waals surface area contributed by atoms with Crippen LogP contribution in [0.5, 0.6) is 17.4 Å². The van der Waals surface area contributed by atoms with Crippen LogP contribution in [0.3, 0.4) is 0 Å². The number of nitrogens with zero attached hydrogens (tertiary/aromatic N) is 2. The number of halogens is 5. The van der Waals surface area contributed by atoms with E-state index >= 15 is 0 Å². The van der Waals surface area contributed by atoms with Crippen LogP contribution in [-0.4, -0.2) is 27.3 Å². The molecule has 0 spiro atoms. The molecule has 0 aliphatic rings. The van der Waals surface area contributed by atoms with Gasteiger partial charge in [-0.2, -0.15) is 22.0 Å². The van der Waals surface area contributed by atoms with Crippen LogP contribution in [-0.2, 0) is 6.54 Å². The topological polar surface area (TPSA) is 86.2 Å². The number of ether oxygens (including phenoxy) is 2. The minimum Gasteiger partial charge on any atom is -0.439 e. The van der Waals surface area contributed by atoms with Gasteiger partial charge in [-0.1, -0.05) is 0 Å². The number of alkyl halides is 5. The predicted octanol–water partition coefficient (Wildman–Crippen LogP) is 5.47. The Morgan fingerprint density at radius 1 is 1.09 bits per heavy atom. The third kappa shape index (κ3) is 5.50. The van der Waals surface area contributed by atoms with Crippen LogP contribution >= 0.6 is 11.3 Å². The van der Waals surface area contributed by atoms with Gasteiger partial charge in [-0.3, -0.25) is 14.3 Å². The predicted molar refractivity (Wildman–Crippen MR) is 118 cm³/mol. The molecule has 184 valence electrons. The van der Waals surface area contributed by atoms with Crippen molar-refractivity contribution in [2.75, 3.05) is 0 Å². The first-order valence-corrected chi connectivity index (χ1v) is 10.9. The van der Waals surface area contributed by atoms with E-state index < -0.39 is 37.0 Å². The average Bonchev–Trinajstić information content (AvgIpc) is 3.12. The first-order chi connectivity index (χ1) is 16.5. The van der Waals surface area contributed by atoms with E-state index in [0.29, 0.717) is 21.8 Å². The molecule has 0 amide bonds. The Morgan fingerprint density at radius 3 is 2.37 bits per heavy atom. The Labute approximate surface area is 197 Å². The number of rotatable bonds is 7. The minimum absolute atomic E-state index is 0.0282. The van der Waals surface area contributed by atoms with Gasteiger partial charge in [0.2, 0.25) is 5.88 Å². The summed E-state index contributed by atoms with van der Waals surface area (Å²) in [5.41, 5.74) is -0.533. The molecule has 0 aliphatic heterocycles. The maximum atomic E-state index is 12.7. The number of aryl methyl sites for hydroxylation is 2. The number of fused-ring (bicyclic) bond motifs is 1. The summed E-state index contributed by atoms with van der Waals surface area (Å²) in [4.78, 5) is 31.6. The molecule has 1 N–H and O–H groups in total. The highest BCUT2D eigenvalue weighted by atomic mass is 32.1. The summed E-state index contributed by atoms with van der Waals surface area (Å²) < 4.78 is 73.4. The summed E-state index contributed by atoms with van der Waals surface area (Å²) in [6.45, 7) is -1.93. The molecule has 3 heterocycles. The molecule has 0 aliphatic carbocycles. The summed E-state index contributed by atoms with van der Waals surface area (Å²) in [7, 11) is 0. The van der Waals surface area contributed by atoms with Crippen LogP contribution in [0.25, 0.3) is 20.7 Å². The second-order valence-electron chi connectivity index (χ2n) is 7.35. The zero-order valence-corrected chi connectivity index (χ0v) is 18.7. The molecule has 0 saturated carbocycles. The second kappa shape index (κ2) is 9.49. The highest BCUT2D eigenvalue weighted by Crippen LogP contribution is 2.37. The Kier molecular flexibility index (Phi) is 6.61. The fraction of sp³-hybridized carbons (Fsp3) is 0.227. The van der Waals surface area contributed by atoms with E-state index in [1.807, 2.05) is 0 Å². The third-order valence-corrected chi connectivity index (χ3v) is 6.32. The van der Waals surface area contributed by atoms with E-state index in [2.05, 4.69) is 14.7 Å². The molecule has 4 aromatic rings. The smallest absolute Gasteiger partial charge is 0.390 e. The van der Waals surface area contributed by atoms with Crippen LogP contribution in [0.15, 0.2) is 52.2 Å². The fourth-order valence-corrected chi connectivity index (χ4v) is 4.70. The Bertz CT molecular complexity index is 1460. The summed E-state index contributed by atoms with van der Waals surface area (Å²) in [5, 5.41) is 0.137. The van der Waals surface area contributed by atoms with E-state index in [1.165, 1.54) is 36.5 Å².